The molecule has 2 rings (SSSR count). The molecule has 0 radical (unpaired) electrons. The molecule has 1 aliphatic heterocycles. The molecule has 1 aliphatic carbocycles. The largest absolute Gasteiger partial charge is 0.300 e. The highest BCUT2D eigenvalue weighted by Gasteiger charge is 2.40. The van der Waals surface area contributed by atoms with Crippen LogP contribution in [0.1, 0.15) is 39.0 Å². The first-order valence-electron chi connectivity index (χ1n) is 7.50. The van der Waals surface area contributed by atoms with E-state index in [1.807, 2.05) is 14.0 Å². The summed E-state index contributed by atoms with van der Waals surface area (Å²) in [6, 6.07) is 2.89. The molecule has 1 saturated heterocycles. The number of nitrogens with one attached hydrogen (secondary N) is 1. The van der Waals surface area contributed by atoms with Gasteiger partial charge in [0, 0.05) is 12.1 Å². The van der Waals surface area contributed by atoms with Gasteiger partial charge in [0.1, 0.15) is 5.54 Å². The lowest BCUT2D eigenvalue weighted by molar-refractivity contribution is 0.115. The van der Waals surface area contributed by atoms with E-state index in [9.17, 15) is 13.7 Å². The maximum absolute atomic E-state index is 11.6. The molecule has 0 amide bonds. The molecule has 5 nitrogen and oxygen atoms in total. The van der Waals surface area contributed by atoms with Crippen molar-refractivity contribution in [2.45, 2.75) is 56.7 Å². The van der Waals surface area contributed by atoms with Gasteiger partial charge < -0.3 is 0 Å². The van der Waals surface area contributed by atoms with Gasteiger partial charge in [-0.1, -0.05) is 6.92 Å². The van der Waals surface area contributed by atoms with Crippen molar-refractivity contribution in [3.8, 4) is 6.07 Å². The van der Waals surface area contributed by atoms with E-state index in [1.165, 1.54) is 0 Å². The van der Waals surface area contributed by atoms with E-state index >= 15 is 0 Å². The molecule has 0 aromatic rings. The van der Waals surface area contributed by atoms with E-state index in [0.29, 0.717) is 11.8 Å². The number of hydrogen-bond acceptors (Lipinski definition) is 5. The number of sulfone groups is 1. The van der Waals surface area contributed by atoms with E-state index in [0.717, 1.165) is 38.6 Å². The van der Waals surface area contributed by atoms with Gasteiger partial charge in [-0.3, -0.25) is 10.2 Å². The third kappa shape index (κ3) is 3.33. The minimum absolute atomic E-state index is 0.126. The van der Waals surface area contributed by atoms with Crippen LogP contribution < -0.4 is 5.32 Å². The van der Waals surface area contributed by atoms with Gasteiger partial charge in [0.15, 0.2) is 9.84 Å². The Morgan fingerprint density at radius 2 is 2.15 bits per heavy atom. The summed E-state index contributed by atoms with van der Waals surface area (Å²) in [6.07, 6.45) is 4.50. The molecule has 114 valence electrons. The molecule has 3 atom stereocenters. The second-order valence-electron chi connectivity index (χ2n) is 6.20. The molecule has 0 spiro atoms. The number of nitrogens with zero attached hydrogens (tertiary/aromatic N) is 2. The summed E-state index contributed by atoms with van der Waals surface area (Å²) in [4.78, 5) is 2.22. The summed E-state index contributed by atoms with van der Waals surface area (Å²) in [5.74, 6) is 0.589. The summed E-state index contributed by atoms with van der Waals surface area (Å²) < 4.78 is 23.2. The van der Waals surface area contributed by atoms with Crippen LogP contribution in [0.15, 0.2) is 0 Å². The first kappa shape index (κ1) is 15.7. The lowest BCUT2D eigenvalue weighted by Crippen LogP contribution is -2.53. The van der Waals surface area contributed by atoms with Crippen LogP contribution in [0.4, 0.5) is 0 Å². The Labute approximate surface area is 122 Å². The first-order valence-corrected chi connectivity index (χ1v) is 9.32. The zero-order valence-corrected chi connectivity index (χ0v) is 13.2. The molecule has 0 aromatic heterocycles. The van der Waals surface area contributed by atoms with Gasteiger partial charge in [0.05, 0.1) is 17.6 Å². The van der Waals surface area contributed by atoms with E-state index in [-0.39, 0.29) is 11.8 Å². The molecule has 20 heavy (non-hydrogen) atoms. The van der Waals surface area contributed by atoms with Crippen molar-refractivity contribution >= 4 is 9.84 Å². The molecule has 1 N–H and O–H groups in total. The Hall–Kier alpha value is -0.640. The normalized spacial score (nSPS) is 36.9. The standard InChI is InChI=1S/C14H25N3O2S/c1-3-16-14(11-15)7-4-5-12(9-14)17(2)13-6-8-20(18,19)10-13/h12-13,16H,3-10H2,1-2H3. The maximum atomic E-state index is 11.6. The van der Waals surface area contributed by atoms with Crippen molar-refractivity contribution in [1.82, 2.24) is 10.2 Å². The second-order valence-corrected chi connectivity index (χ2v) is 8.43. The third-order valence-electron chi connectivity index (χ3n) is 4.81. The number of nitriles is 1. The summed E-state index contributed by atoms with van der Waals surface area (Å²) in [6.45, 7) is 2.82. The van der Waals surface area contributed by atoms with Crippen LogP contribution in [0.2, 0.25) is 0 Å². The molecule has 6 heteroatoms. The Balaban J connectivity index is 2.04. The molecule has 1 heterocycles. The predicted octanol–water partition coefficient (Wildman–Crippen LogP) is 0.920. The Morgan fingerprint density at radius 3 is 2.70 bits per heavy atom. The van der Waals surface area contributed by atoms with Gasteiger partial charge in [-0.2, -0.15) is 5.26 Å². The molecule has 0 bridgehead atoms. The predicted molar refractivity (Wildman–Crippen MR) is 79.1 cm³/mol. The zero-order chi connectivity index (χ0) is 14.8. The Kier molecular flexibility index (Phi) is 4.73. The molecule has 1 saturated carbocycles. The lowest BCUT2D eigenvalue weighted by atomic mass is 9.79. The minimum atomic E-state index is -2.85. The summed E-state index contributed by atoms with van der Waals surface area (Å²) in [7, 11) is -0.823. The maximum Gasteiger partial charge on any atom is 0.151 e. The SMILES string of the molecule is CCNC1(C#N)CCCC(N(C)C2CCS(=O)(=O)C2)C1. The molecule has 2 aliphatic rings. The molecule has 2 fully saturated rings. The monoisotopic (exact) mass is 299 g/mol. The molecular weight excluding hydrogens is 274 g/mol. The summed E-state index contributed by atoms with van der Waals surface area (Å²) in [5, 5.41) is 12.8. The van der Waals surface area contributed by atoms with E-state index in [2.05, 4.69) is 16.3 Å². The zero-order valence-electron chi connectivity index (χ0n) is 12.4. The Morgan fingerprint density at radius 1 is 1.40 bits per heavy atom. The van der Waals surface area contributed by atoms with Crippen LogP contribution in [-0.4, -0.2) is 56.0 Å². The van der Waals surface area contributed by atoms with Crippen molar-refractivity contribution in [2.75, 3.05) is 25.1 Å². The van der Waals surface area contributed by atoms with Gasteiger partial charge in [0.25, 0.3) is 0 Å². The fraction of sp³-hybridized carbons (Fsp3) is 0.929. The fourth-order valence-corrected chi connectivity index (χ4v) is 5.41. The number of rotatable bonds is 4. The molecule has 3 unspecified atom stereocenters. The topological polar surface area (TPSA) is 73.2 Å². The van der Waals surface area contributed by atoms with E-state index in [4.69, 9.17) is 0 Å². The highest BCUT2D eigenvalue weighted by molar-refractivity contribution is 7.91. The second kappa shape index (κ2) is 6.00. The van der Waals surface area contributed by atoms with Crippen LogP contribution in [0.25, 0.3) is 0 Å². The summed E-state index contributed by atoms with van der Waals surface area (Å²) >= 11 is 0. The minimum Gasteiger partial charge on any atom is -0.300 e. The fourth-order valence-electron chi connectivity index (χ4n) is 3.63. The van der Waals surface area contributed by atoms with Gasteiger partial charge in [-0.25, -0.2) is 8.42 Å². The van der Waals surface area contributed by atoms with Crippen LogP contribution in [-0.2, 0) is 9.84 Å². The third-order valence-corrected chi connectivity index (χ3v) is 6.56. The quantitative estimate of drug-likeness (QED) is 0.835. The van der Waals surface area contributed by atoms with Crippen molar-refractivity contribution in [3.05, 3.63) is 0 Å². The van der Waals surface area contributed by atoms with Crippen LogP contribution >= 0.6 is 0 Å². The van der Waals surface area contributed by atoms with E-state index < -0.39 is 15.4 Å². The average molecular weight is 299 g/mol. The molecule has 0 aromatic carbocycles. The van der Waals surface area contributed by atoms with Crippen molar-refractivity contribution < 1.29 is 8.42 Å². The van der Waals surface area contributed by atoms with Gasteiger partial charge >= 0.3 is 0 Å². The number of hydrogen-bond donors (Lipinski definition) is 1. The van der Waals surface area contributed by atoms with Gasteiger partial charge in [-0.15, -0.1) is 0 Å². The lowest BCUT2D eigenvalue weighted by Gasteiger charge is -2.42. The van der Waals surface area contributed by atoms with Crippen molar-refractivity contribution in [3.63, 3.8) is 0 Å². The van der Waals surface area contributed by atoms with Crippen LogP contribution in [0.5, 0.6) is 0 Å². The van der Waals surface area contributed by atoms with Crippen molar-refractivity contribution in [2.24, 2.45) is 0 Å². The highest BCUT2D eigenvalue weighted by Crippen LogP contribution is 2.32. The highest BCUT2D eigenvalue weighted by atomic mass is 32.2. The summed E-state index contributed by atoms with van der Waals surface area (Å²) in [5.41, 5.74) is -0.427. The van der Waals surface area contributed by atoms with Crippen molar-refractivity contribution in [1.29, 1.82) is 5.26 Å². The van der Waals surface area contributed by atoms with E-state index in [1.54, 1.807) is 0 Å². The smallest absolute Gasteiger partial charge is 0.151 e. The van der Waals surface area contributed by atoms with Gasteiger partial charge in [-0.05, 0) is 45.7 Å². The van der Waals surface area contributed by atoms with Gasteiger partial charge in [0.2, 0.25) is 0 Å². The Bertz CT molecular complexity index is 481. The van der Waals surface area contributed by atoms with Crippen LogP contribution in [0, 0.1) is 11.3 Å². The van der Waals surface area contributed by atoms with Crippen LogP contribution in [0.3, 0.4) is 0 Å². The molecular formula is C14H25N3O2S. The average Bonchev–Trinajstić information content (AvgIpc) is 2.79. The first-order chi connectivity index (χ1) is 9.41.